The molecule has 0 radical (unpaired) electrons. The van der Waals surface area contributed by atoms with Gasteiger partial charge in [0.05, 0.1) is 24.5 Å². The quantitative estimate of drug-likeness (QED) is 0.775. The summed E-state index contributed by atoms with van der Waals surface area (Å²) in [5, 5.41) is 3.93. The molecule has 0 saturated carbocycles. The maximum absolute atomic E-state index is 12.7. The van der Waals surface area contributed by atoms with Crippen LogP contribution in [0, 0.1) is 5.92 Å². The Labute approximate surface area is 141 Å². The second-order valence-electron chi connectivity index (χ2n) is 6.09. The van der Waals surface area contributed by atoms with E-state index in [4.69, 9.17) is 4.74 Å². The average molecular weight is 323 g/mol. The molecule has 3 aromatic rings. The summed E-state index contributed by atoms with van der Waals surface area (Å²) in [7, 11) is 1.63. The second kappa shape index (κ2) is 6.74. The van der Waals surface area contributed by atoms with Gasteiger partial charge in [-0.3, -0.25) is 9.78 Å². The van der Waals surface area contributed by atoms with Gasteiger partial charge in [0, 0.05) is 23.8 Å². The Morgan fingerprint density at radius 2 is 1.96 bits per heavy atom. The van der Waals surface area contributed by atoms with Gasteiger partial charge in [0.1, 0.15) is 11.8 Å². The predicted molar refractivity (Wildman–Crippen MR) is 95.2 cm³/mol. The van der Waals surface area contributed by atoms with Gasteiger partial charge in [-0.2, -0.15) is 0 Å². The number of fused-ring (bicyclic) bond motifs is 1. The third-order valence-corrected chi connectivity index (χ3v) is 4.01. The van der Waals surface area contributed by atoms with Gasteiger partial charge < -0.3 is 14.6 Å². The lowest BCUT2D eigenvalue weighted by Gasteiger charge is -2.22. The molecule has 5 heteroatoms. The molecule has 2 aromatic heterocycles. The summed E-state index contributed by atoms with van der Waals surface area (Å²) in [6, 6.07) is 11.2. The largest absolute Gasteiger partial charge is 0.497 e. The van der Waals surface area contributed by atoms with E-state index in [1.165, 1.54) is 0 Å². The number of nitrogens with one attached hydrogen (secondary N) is 1. The second-order valence-corrected chi connectivity index (χ2v) is 6.09. The topological polar surface area (TPSA) is 56.1 Å². The Balaban J connectivity index is 1.84. The zero-order valence-corrected chi connectivity index (χ0v) is 14.1. The zero-order chi connectivity index (χ0) is 17.1. The molecule has 2 heterocycles. The molecule has 0 saturated heterocycles. The van der Waals surface area contributed by atoms with Crippen LogP contribution >= 0.6 is 0 Å². The van der Waals surface area contributed by atoms with E-state index in [0.717, 1.165) is 16.7 Å². The van der Waals surface area contributed by atoms with Crippen molar-refractivity contribution in [2.75, 3.05) is 12.4 Å². The lowest BCUT2D eigenvalue weighted by Crippen LogP contribution is -2.29. The van der Waals surface area contributed by atoms with Crippen LogP contribution in [0.5, 0.6) is 5.75 Å². The minimum Gasteiger partial charge on any atom is -0.497 e. The molecule has 0 aliphatic carbocycles. The maximum Gasteiger partial charge on any atom is 0.247 e. The highest BCUT2D eigenvalue weighted by molar-refractivity contribution is 5.95. The van der Waals surface area contributed by atoms with Gasteiger partial charge in [-0.15, -0.1) is 0 Å². The molecule has 124 valence electrons. The highest BCUT2D eigenvalue weighted by Crippen LogP contribution is 2.24. The standard InChI is InChI=1S/C19H21N3O2/c1-13(2)18(22-8-4-5-9-22)19(23)21-15-10-14-6-7-16(24-3)11-17(14)20-12-15/h4-13,18H,1-3H3,(H,21,23)/t18-/m1/s1. The summed E-state index contributed by atoms with van der Waals surface area (Å²) in [5.74, 6) is 0.894. The van der Waals surface area contributed by atoms with Crippen molar-refractivity contribution in [2.24, 2.45) is 5.92 Å². The monoisotopic (exact) mass is 323 g/mol. The van der Waals surface area contributed by atoms with Crippen LogP contribution in [0.25, 0.3) is 10.9 Å². The van der Waals surface area contributed by atoms with E-state index in [1.807, 2.05) is 67.2 Å². The Bertz CT molecular complexity index is 841. The van der Waals surface area contributed by atoms with Gasteiger partial charge in [-0.1, -0.05) is 13.8 Å². The Morgan fingerprint density at radius 1 is 1.21 bits per heavy atom. The summed E-state index contributed by atoms with van der Waals surface area (Å²) in [6.07, 6.45) is 5.50. The molecule has 0 spiro atoms. The molecule has 1 amide bonds. The van der Waals surface area contributed by atoms with Crippen molar-refractivity contribution in [1.82, 2.24) is 9.55 Å². The summed E-state index contributed by atoms with van der Waals surface area (Å²) < 4.78 is 7.13. The first-order valence-electron chi connectivity index (χ1n) is 7.95. The number of pyridine rings is 1. The number of carbonyl (C=O) groups excluding carboxylic acids is 1. The molecule has 0 aliphatic heterocycles. The van der Waals surface area contributed by atoms with Crippen molar-refractivity contribution in [2.45, 2.75) is 19.9 Å². The predicted octanol–water partition coefficient (Wildman–Crippen LogP) is 3.88. The van der Waals surface area contributed by atoms with Crippen molar-refractivity contribution in [1.29, 1.82) is 0 Å². The van der Waals surface area contributed by atoms with E-state index < -0.39 is 0 Å². The molecule has 0 bridgehead atoms. The number of methoxy groups -OCH3 is 1. The van der Waals surface area contributed by atoms with E-state index in [9.17, 15) is 4.79 Å². The van der Waals surface area contributed by atoms with E-state index in [1.54, 1.807) is 13.3 Å². The van der Waals surface area contributed by atoms with Crippen LogP contribution in [0.3, 0.4) is 0 Å². The van der Waals surface area contributed by atoms with Gasteiger partial charge in [0.2, 0.25) is 5.91 Å². The fourth-order valence-corrected chi connectivity index (χ4v) is 2.83. The SMILES string of the molecule is COc1ccc2cc(NC(=O)[C@@H](C(C)C)n3cccc3)cnc2c1. The van der Waals surface area contributed by atoms with Crippen molar-refractivity contribution in [3.63, 3.8) is 0 Å². The molecule has 1 N–H and O–H groups in total. The number of carbonyl (C=O) groups is 1. The van der Waals surface area contributed by atoms with Crippen LogP contribution < -0.4 is 10.1 Å². The Hall–Kier alpha value is -2.82. The van der Waals surface area contributed by atoms with Crippen molar-refractivity contribution < 1.29 is 9.53 Å². The summed E-state index contributed by atoms with van der Waals surface area (Å²) in [5.41, 5.74) is 1.52. The van der Waals surface area contributed by atoms with Gasteiger partial charge in [-0.05, 0) is 36.2 Å². The molecule has 0 fully saturated rings. The van der Waals surface area contributed by atoms with E-state index in [2.05, 4.69) is 10.3 Å². The minimum atomic E-state index is -0.258. The number of ether oxygens (including phenoxy) is 1. The first kappa shape index (κ1) is 16.1. The molecule has 0 unspecified atom stereocenters. The number of hydrogen-bond donors (Lipinski definition) is 1. The Kier molecular flexibility index (Phi) is 4.51. The fourth-order valence-electron chi connectivity index (χ4n) is 2.83. The Morgan fingerprint density at radius 3 is 2.62 bits per heavy atom. The molecule has 3 rings (SSSR count). The van der Waals surface area contributed by atoms with Crippen LogP contribution in [0.1, 0.15) is 19.9 Å². The number of hydrogen-bond acceptors (Lipinski definition) is 3. The molecule has 24 heavy (non-hydrogen) atoms. The van der Waals surface area contributed by atoms with Crippen molar-refractivity contribution in [3.05, 3.63) is 55.0 Å². The lowest BCUT2D eigenvalue weighted by molar-refractivity contribution is -0.120. The molecule has 5 nitrogen and oxygen atoms in total. The van der Waals surface area contributed by atoms with Crippen molar-refractivity contribution >= 4 is 22.5 Å². The van der Waals surface area contributed by atoms with Gasteiger partial charge in [0.15, 0.2) is 0 Å². The first-order chi connectivity index (χ1) is 11.6. The smallest absolute Gasteiger partial charge is 0.247 e. The maximum atomic E-state index is 12.7. The van der Waals surface area contributed by atoms with Gasteiger partial charge >= 0.3 is 0 Å². The van der Waals surface area contributed by atoms with Crippen LogP contribution in [-0.4, -0.2) is 22.6 Å². The van der Waals surface area contributed by atoms with E-state index in [0.29, 0.717) is 5.69 Å². The van der Waals surface area contributed by atoms with E-state index >= 15 is 0 Å². The lowest BCUT2D eigenvalue weighted by atomic mass is 10.0. The number of amides is 1. The average Bonchev–Trinajstić information content (AvgIpc) is 3.08. The highest BCUT2D eigenvalue weighted by atomic mass is 16.5. The zero-order valence-electron chi connectivity index (χ0n) is 14.1. The summed E-state index contributed by atoms with van der Waals surface area (Å²) >= 11 is 0. The van der Waals surface area contributed by atoms with Crippen LogP contribution in [0.4, 0.5) is 5.69 Å². The third kappa shape index (κ3) is 3.25. The fraction of sp³-hybridized carbons (Fsp3) is 0.263. The molecule has 0 aliphatic rings. The van der Waals surface area contributed by atoms with Gasteiger partial charge in [0.25, 0.3) is 0 Å². The first-order valence-corrected chi connectivity index (χ1v) is 7.95. The van der Waals surface area contributed by atoms with Crippen LogP contribution in [0.15, 0.2) is 55.0 Å². The number of aromatic nitrogens is 2. The highest BCUT2D eigenvalue weighted by Gasteiger charge is 2.23. The van der Waals surface area contributed by atoms with E-state index in [-0.39, 0.29) is 17.9 Å². The van der Waals surface area contributed by atoms with Gasteiger partial charge in [-0.25, -0.2) is 0 Å². The number of anilines is 1. The number of rotatable bonds is 5. The van der Waals surface area contributed by atoms with Crippen molar-refractivity contribution in [3.8, 4) is 5.75 Å². The van der Waals surface area contributed by atoms with Crippen LogP contribution in [-0.2, 0) is 4.79 Å². The van der Waals surface area contributed by atoms with Crippen LogP contribution in [0.2, 0.25) is 0 Å². The normalized spacial score (nSPS) is 12.3. The molecule has 1 aromatic carbocycles. The number of nitrogens with zero attached hydrogens (tertiary/aromatic N) is 2. The summed E-state index contributed by atoms with van der Waals surface area (Å²) in [4.78, 5) is 17.1. The molecular weight excluding hydrogens is 302 g/mol. The minimum absolute atomic E-state index is 0.0455. The summed E-state index contributed by atoms with van der Waals surface area (Å²) in [6.45, 7) is 4.07. The molecule has 1 atom stereocenters. The molecular formula is C19H21N3O2. The number of benzene rings is 1. The third-order valence-electron chi connectivity index (χ3n) is 4.01.